The highest BCUT2D eigenvalue weighted by molar-refractivity contribution is 6.50. The number of ether oxygens (including phenoxy) is 1. The van der Waals surface area contributed by atoms with E-state index in [0.717, 1.165) is 65.9 Å². The molecule has 1 N–H and O–H groups in total. The van der Waals surface area contributed by atoms with E-state index >= 15 is 0 Å². The normalized spacial score (nSPS) is 18.0. The molecule has 1 amide bonds. The van der Waals surface area contributed by atoms with E-state index < -0.39 is 0 Å². The fraction of sp³-hybridized carbons (Fsp3) is 0.578. The van der Waals surface area contributed by atoms with E-state index in [1.165, 1.54) is 64.2 Å². The highest BCUT2D eigenvalue weighted by atomic mass is 16.5. The Hall–Kier alpha value is -4.69. The Morgan fingerprint density at radius 1 is 0.875 bits per heavy atom. The molecule has 1 saturated heterocycles. The quantitative estimate of drug-likeness (QED) is 0.0442. The van der Waals surface area contributed by atoms with Crippen molar-refractivity contribution in [2.24, 2.45) is 15.5 Å². The van der Waals surface area contributed by atoms with Crippen molar-refractivity contribution in [1.29, 1.82) is 5.26 Å². The molecule has 3 heterocycles. The molecule has 2 aliphatic heterocycles. The average Bonchev–Trinajstić information content (AvgIpc) is 3.59. The summed E-state index contributed by atoms with van der Waals surface area (Å²) in [6, 6.07) is 18.0. The second-order valence-electron chi connectivity index (χ2n) is 16.5. The predicted octanol–water partition coefficient (Wildman–Crippen LogP) is 10.3. The lowest BCUT2D eigenvalue weighted by Crippen LogP contribution is -2.30. The number of quaternary nitrogens is 1. The summed E-state index contributed by atoms with van der Waals surface area (Å²) in [5.74, 6) is 0.491. The van der Waals surface area contributed by atoms with Gasteiger partial charge in [-0.25, -0.2) is 9.98 Å². The number of aromatic nitrogens is 3. The monoisotopic (exact) mass is 764 g/mol. The fourth-order valence-corrected chi connectivity index (χ4v) is 7.31. The Bertz CT molecular complexity index is 1850. The third kappa shape index (κ3) is 11.7. The molecule has 56 heavy (non-hydrogen) atoms. The number of nitrogens with one attached hydrogen (secondary N) is 1. The Balaban J connectivity index is 1.08. The first kappa shape index (κ1) is 42.5. The second-order valence-corrected chi connectivity index (χ2v) is 16.5. The van der Waals surface area contributed by atoms with E-state index in [0.29, 0.717) is 29.7 Å². The molecule has 2 aromatic carbocycles. The minimum absolute atomic E-state index is 0.0183. The summed E-state index contributed by atoms with van der Waals surface area (Å²) >= 11 is 0. The van der Waals surface area contributed by atoms with Crippen LogP contribution in [0.5, 0.6) is 0 Å². The minimum atomic E-state index is -0.336. The van der Waals surface area contributed by atoms with Gasteiger partial charge in [0.2, 0.25) is 17.8 Å². The summed E-state index contributed by atoms with van der Waals surface area (Å²) in [5, 5.41) is 22.0. The highest BCUT2D eigenvalue weighted by Gasteiger charge is 2.56. The van der Waals surface area contributed by atoms with Gasteiger partial charge in [0.25, 0.3) is 0 Å². The molecule has 0 radical (unpaired) electrons. The second kappa shape index (κ2) is 20.5. The largest absolute Gasteiger partial charge is 0.466 e. The van der Waals surface area contributed by atoms with Gasteiger partial charge >= 0.3 is 5.97 Å². The maximum Gasteiger partial charge on any atom is 0.306 e. The third-order valence-corrected chi connectivity index (χ3v) is 10.8. The van der Waals surface area contributed by atoms with Crippen LogP contribution in [0.15, 0.2) is 58.6 Å². The van der Waals surface area contributed by atoms with E-state index in [2.05, 4.69) is 63.2 Å². The summed E-state index contributed by atoms with van der Waals surface area (Å²) in [6.07, 6.45) is 17.4. The van der Waals surface area contributed by atoms with Gasteiger partial charge in [-0.3, -0.25) is 14.1 Å². The molecule has 0 saturated carbocycles. The van der Waals surface area contributed by atoms with Gasteiger partial charge in [0.15, 0.2) is 12.4 Å². The first-order valence-electron chi connectivity index (χ1n) is 21.2. The maximum absolute atomic E-state index is 12.6. The fourth-order valence-electron chi connectivity index (χ4n) is 7.31. The summed E-state index contributed by atoms with van der Waals surface area (Å²) in [4.78, 5) is 36.3. The highest BCUT2D eigenvalue weighted by Crippen LogP contribution is 2.40. The topological polar surface area (TPSA) is 135 Å². The zero-order valence-electron chi connectivity index (χ0n) is 34.5. The number of carbonyl (C=O) groups excluding carboxylic acids is 2. The van der Waals surface area contributed by atoms with Crippen LogP contribution in [0.4, 0.5) is 17.1 Å². The molecule has 11 nitrogen and oxygen atoms in total. The van der Waals surface area contributed by atoms with Crippen molar-refractivity contribution in [3.05, 3.63) is 54.4 Å². The summed E-state index contributed by atoms with van der Waals surface area (Å²) in [6.45, 7) is 13.0. The number of aliphatic imine (C=N–C) groups is 1. The number of hydrogen-bond donors (Lipinski definition) is 1. The summed E-state index contributed by atoms with van der Waals surface area (Å²) < 4.78 is 6.09. The number of amides is 1. The number of unbranched alkanes of at least 4 members (excludes halogenated alkanes) is 12. The average molecular weight is 764 g/mol. The first-order chi connectivity index (χ1) is 27.1. The molecule has 0 spiro atoms. The van der Waals surface area contributed by atoms with Gasteiger partial charge in [0, 0.05) is 35.2 Å². The van der Waals surface area contributed by atoms with Crippen molar-refractivity contribution in [2.45, 2.75) is 143 Å². The summed E-state index contributed by atoms with van der Waals surface area (Å²) in [7, 11) is 0. The molecule has 0 aliphatic carbocycles. The zero-order valence-corrected chi connectivity index (χ0v) is 34.5. The molecule has 0 bridgehead atoms. The van der Waals surface area contributed by atoms with Crippen LogP contribution in [-0.2, 0) is 14.3 Å². The summed E-state index contributed by atoms with van der Waals surface area (Å²) in [5.41, 5.74) is 4.52. The van der Waals surface area contributed by atoms with Crippen molar-refractivity contribution < 1.29 is 14.3 Å². The number of nitrogens with zero attached hydrogens (tertiary/aromatic N) is 7. The molecule has 5 rings (SSSR count). The minimum Gasteiger partial charge on any atom is -0.466 e. The molecule has 2 unspecified atom stereocenters. The molecule has 300 valence electrons. The van der Waals surface area contributed by atoms with Crippen molar-refractivity contribution in [1.82, 2.24) is 19.4 Å². The van der Waals surface area contributed by atoms with E-state index in [1.807, 2.05) is 24.3 Å². The number of anilines is 1. The smallest absolute Gasteiger partial charge is 0.306 e. The van der Waals surface area contributed by atoms with E-state index in [1.54, 1.807) is 16.9 Å². The molecular formula is C45H63N8O3+. The van der Waals surface area contributed by atoms with Crippen molar-refractivity contribution in [3.8, 4) is 17.5 Å². The van der Waals surface area contributed by atoms with E-state index in [4.69, 9.17) is 19.8 Å². The lowest BCUT2D eigenvalue weighted by atomic mass is 9.87. The van der Waals surface area contributed by atoms with Crippen molar-refractivity contribution in [3.63, 3.8) is 0 Å². The number of nitriles is 1. The number of esters is 1. The maximum atomic E-state index is 12.6. The van der Waals surface area contributed by atoms with Crippen molar-refractivity contribution in [2.75, 3.05) is 25.0 Å². The van der Waals surface area contributed by atoms with Crippen LogP contribution in [0.3, 0.4) is 0 Å². The van der Waals surface area contributed by atoms with Gasteiger partial charge in [-0.15, -0.1) is 9.89 Å². The molecule has 2 aliphatic rings. The van der Waals surface area contributed by atoms with Crippen LogP contribution in [0.1, 0.15) is 143 Å². The van der Waals surface area contributed by atoms with Gasteiger partial charge in [-0.1, -0.05) is 112 Å². The van der Waals surface area contributed by atoms with Gasteiger partial charge in [0.05, 0.1) is 31.0 Å². The molecule has 2 atom stereocenters. The van der Waals surface area contributed by atoms with E-state index in [-0.39, 0.29) is 36.2 Å². The number of rotatable bonds is 23. The van der Waals surface area contributed by atoms with Crippen LogP contribution >= 0.6 is 0 Å². The lowest BCUT2D eigenvalue weighted by Gasteiger charge is -2.19. The molecule has 11 heteroatoms. The Labute approximate surface area is 334 Å². The van der Waals surface area contributed by atoms with Crippen LogP contribution in [0.2, 0.25) is 0 Å². The SMILES string of the molecule is CCCCCCCCCCCCCCOC(=O)CCC(=O)Nc1ccc(-c2nc3n(n2)N=C(C(C)(C)C)C3=Nc2ccc([N+]3(CCCC)CC3C#N)cc2)cc1. The molecular weight excluding hydrogens is 701 g/mol. The van der Waals surface area contributed by atoms with Gasteiger partial charge < -0.3 is 10.1 Å². The molecule has 3 aromatic rings. The predicted molar refractivity (Wildman–Crippen MR) is 226 cm³/mol. The third-order valence-electron chi connectivity index (χ3n) is 10.8. The van der Waals surface area contributed by atoms with Crippen molar-refractivity contribution >= 4 is 40.4 Å². The number of hydrogen-bond acceptors (Lipinski definition) is 8. The van der Waals surface area contributed by atoms with Gasteiger partial charge in [-0.05, 0) is 49.2 Å². The van der Waals surface area contributed by atoms with Crippen LogP contribution in [0.25, 0.3) is 11.4 Å². The Kier molecular flexibility index (Phi) is 15.5. The van der Waals surface area contributed by atoms with Crippen LogP contribution in [0, 0.1) is 16.7 Å². The van der Waals surface area contributed by atoms with Crippen LogP contribution in [-0.4, -0.2) is 63.9 Å². The Morgan fingerprint density at radius 2 is 1.50 bits per heavy atom. The molecule has 1 fully saturated rings. The molecule has 1 aromatic heterocycles. The van der Waals surface area contributed by atoms with Crippen LogP contribution < -0.4 is 9.80 Å². The zero-order chi connectivity index (χ0) is 40.0. The number of fused-ring (bicyclic) bond motifs is 1. The number of carbonyl (C=O) groups is 2. The first-order valence-corrected chi connectivity index (χ1v) is 21.2. The number of benzene rings is 2. The lowest BCUT2D eigenvalue weighted by molar-refractivity contribution is -0.144. The van der Waals surface area contributed by atoms with Gasteiger partial charge in [-0.2, -0.15) is 10.4 Å². The standard InChI is InChI=1S/C45H62N8O3/c1-6-8-10-11-12-13-14-15-16-17-18-19-31-56-40(55)29-28-39(54)47-35-22-20-34(21-23-35)43-49-44-41(42(45(3,4)5)50-52(44)51-43)48-36-24-26-37(27-25-36)53(30-9-7-2)33-38(53)32-46/h20-27,38H,6-19,28-31,33H2,1-5H3/p+1. The Morgan fingerprint density at radius 3 is 2.09 bits per heavy atom. The van der Waals surface area contributed by atoms with E-state index in [9.17, 15) is 14.9 Å². The van der Waals surface area contributed by atoms with Gasteiger partial charge in [0.1, 0.15) is 17.5 Å².